The lowest BCUT2D eigenvalue weighted by Crippen LogP contribution is -2.35. The second-order valence-electron chi connectivity index (χ2n) is 7.25. The first-order valence-corrected chi connectivity index (χ1v) is 8.61. The molecule has 1 aliphatic heterocycles. The van der Waals surface area contributed by atoms with Crippen LogP contribution in [0.4, 0.5) is 5.13 Å². The zero-order valence-electron chi connectivity index (χ0n) is 13.8. The zero-order valence-corrected chi connectivity index (χ0v) is 14.6. The van der Waals surface area contributed by atoms with E-state index in [0.717, 1.165) is 6.54 Å². The Bertz CT molecular complexity index is 445. The van der Waals surface area contributed by atoms with Crippen LogP contribution in [0.2, 0.25) is 0 Å². The Morgan fingerprint density at radius 3 is 2.60 bits per heavy atom. The highest BCUT2D eigenvalue weighted by Gasteiger charge is 2.25. The molecule has 1 N–H and O–H groups in total. The Balaban J connectivity index is 2.19. The van der Waals surface area contributed by atoms with Crippen LogP contribution in [0.5, 0.6) is 0 Å². The lowest BCUT2D eigenvalue weighted by atomic mass is 10.1. The molecule has 0 bridgehead atoms. The van der Waals surface area contributed by atoms with Gasteiger partial charge >= 0.3 is 0 Å². The maximum atomic E-state index is 4.95. The van der Waals surface area contributed by atoms with Gasteiger partial charge in [0.15, 0.2) is 5.13 Å². The summed E-state index contributed by atoms with van der Waals surface area (Å²) in [5.41, 5.74) is 1.43. The first-order valence-electron chi connectivity index (χ1n) is 7.79. The smallest absolute Gasteiger partial charge is 0.186 e. The van der Waals surface area contributed by atoms with Gasteiger partial charge in [0.05, 0.1) is 5.69 Å². The van der Waals surface area contributed by atoms with Crippen molar-refractivity contribution >= 4 is 16.5 Å². The summed E-state index contributed by atoms with van der Waals surface area (Å²) in [6, 6.07) is 0.643. The molecule has 1 aliphatic rings. The van der Waals surface area contributed by atoms with E-state index < -0.39 is 0 Å². The van der Waals surface area contributed by atoms with E-state index in [-0.39, 0.29) is 5.54 Å². The molecule has 2 rings (SSSR count). The Labute approximate surface area is 127 Å². The predicted molar refractivity (Wildman–Crippen MR) is 88.8 cm³/mol. The minimum atomic E-state index is 0.152. The molecule has 1 unspecified atom stereocenters. The number of thiazole rings is 1. The second-order valence-corrected chi connectivity index (χ2v) is 8.31. The quantitative estimate of drug-likeness (QED) is 0.904. The number of hydrogen-bond donors (Lipinski definition) is 1. The molecule has 0 aromatic carbocycles. The van der Waals surface area contributed by atoms with Gasteiger partial charge in [-0.3, -0.25) is 0 Å². The van der Waals surface area contributed by atoms with Gasteiger partial charge in [-0.2, -0.15) is 0 Å². The van der Waals surface area contributed by atoms with Gasteiger partial charge in [0.2, 0.25) is 0 Å². The molecule has 3 nitrogen and oxygen atoms in total. The molecule has 0 spiro atoms. The largest absolute Gasteiger partial charge is 0.345 e. The first-order chi connectivity index (χ1) is 9.28. The lowest BCUT2D eigenvalue weighted by Gasteiger charge is -2.20. The van der Waals surface area contributed by atoms with Crippen LogP contribution in [0.3, 0.4) is 0 Å². The van der Waals surface area contributed by atoms with Crippen LogP contribution in [0, 0.1) is 0 Å². The van der Waals surface area contributed by atoms with E-state index in [9.17, 15) is 0 Å². The van der Waals surface area contributed by atoms with E-state index in [0.29, 0.717) is 12.0 Å². The molecular weight excluding hydrogens is 266 g/mol. The van der Waals surface area contributed by atoms with Gasteiger partial charge in [0.25, 0.3) is 0 Å². The van der Waals surface area contributed by atoms with Crippen LogP contribution in [-0.2, 0) is 6.54 Å². The third-order valence-electron chi connectivity index (χ3n) is 3.84. The van der Waals surface area contributed by atoms with E-state index in [4.69, 9.17) is 4.98 Å². The van der Waals surface area contributed by atoms with Gasteiger partial charge in [-0.15, -0.1) is 11.3 Å². The van der Waals surface area contributed by atoms with E-state index in [1.165, 1.54) is 35.1 Å². The van der Waals surface area contributed by atoms with Gasteiger partial charge in [-0.05, 0) is 46.5 Å². The third-order valence-corrected chi connectivity index (χ3v) is 4.95. The average Bonchev–Trinajstić information content (AvgIpc) is 2.91. The number of aromatic nitrogens is 1. The van der Waals surface area contributed by atoms with Crippen LogP contribution in [0.25, 0.3) is 0 Å². The van der Waals surface area contributed by atoms with Gasteiger partial charge < -0.3 is 10.2 Å². The summed E-state index contributed by atoms with van der Waals surface area (Å²) in [4.78, 5) is 8.84. The molecule has 4 heteroatoms. The summed E-state index contributed by atoms with van der Waals surface area (Å²) in [6.07, 6.45) is 2.60. The van der Waals surface area contributed by atoms with Gasteiger partial charge in [-0.1, -0.05) is 13.8 Å². The fourth-order valence-corrected chi connectivity index (χ4v) is 3.90. The Kier molecular flexibility index (Phi) is 4.75. The third kappa shape index (κ3) is 3.73. The molecule has 0 radical (unpaired) electrons. The summed E-state index contributed by atoms with van der Waals surface area (Å²) < 4.78 is 0. The summed E-state index contributed by atoms with van der Waals surface area (Å²) in [5, 5.41) is 4.83. The van der Waals surface area contributed by atoms with Crippen molar-refractivity contribution in [2.24, 2.45) is 0 Å². The molecular formula is C16H29N3S. The number of rotatable bonds is 4. The second kappa shape index (κ2) is 6.02. The highest BCUT2D eigenvalue weighted by atomic mass is 32.1. The van der Waals surface area contributed by atoms with Gasteiger partial charge in [-0.25, -0.2) is 4.98 Å². The highest BCUT2D eigenvalue weighted by Crippen LogP contribution is 2.34. The van der Waals surface area contributed by atoms with Gasteiger partial charge in [0, 0.05) is 29.5 Å². The van der Waals surface area contributed by atoms with Crippen LogP contribution in [0.1, 0.15) is 70.9 Å². The van der Waals surface area contributed by atoms with Crippen molar-refractivity contribution in [2.75, 3.05) is 11.4 Å². The molecule has 0 amide bonds. The normalized spacial score (nSPS) is 20.1. The van der Waals surface area contributed by atoms with Crippen LogP contribution < -0.4 is 10.2 Å². The molecule has 0 saturated carbocycles. The van der Waals surface area contributed by atoms with Crippen LogP contribution in [-0.4, -0.2) is 23.1 Å². The lowest BCUT2D eigenvalue weighted by molar-refractivity contribution is 0.425. The van der Waals surface area contributed by atoms with Crippen LogP contribution >= 0.6 is 11.3 Å². The summed E-state index contributed by atoms with van der Waals surface area (Å²) in [6.45, 7) is 15.5. The van der Waals surface area contributed by atoms with Crippen molar-refractivity contribution < 1.29 is 0 Å². The summed E-state index contributed by atoms with van der Waals surface area (Å²) >= 11 is 1.88. The molecule has 0 aliphatic carbocycles. The molecule has 20 heavy (non-hydrogen) atoms. The van der Waals surface area contributed by atoms with Gasteiger partial charge in [0.1, 0.15) is 0 Å². The predicted octanol–water partition coefficient (Wildman–Crippen LogP) is 4.14. The van der Waals surface area contributed by atoms with E-state index in [2.05, 4.69) is 51.8 Å². The van der Waals surface area contributed by atoms with Crippen LogP contribution in [0.15, 0.2) is 0 Å². The topological polar surface area (TPSA) is 28.2 Å². The Hall–Kier alpha value is -0.610. The van der Waals surface area contributed by atoms with E-state index >= 15 is 0 Å². The number of nitrogens with zero attached hydrogens (tertiary/aromatic N) is 2. The standard InChI is InChI=1S/C16H29N3S/c1-11(2)14-13(10-17-16(4,5)6)20-15(18-14)19-9-7-8-12(19)3/h11-12,17H,7-10H2,1-6H3. The van der Waals surface area contributed by atoms with Crippen molar-refractivity contribution in [3.8, 4) is 0 Å². The number of hydrogen-bond acceptors (Lipinski definition) is 4. The fraction of sp³-hybridized carbons (Fsp3) is 0.812. The van der Waals surface area contributed by atoms with Crippen molar-refractivity contribution in [1.29, 1.82) is 0 Å². The zero-order chi connectivity index (χ0) is 14.9. The maximum Gasteiger partial charge on any atom is 0.186 e. The molecule has 1 fully saturated rings. The Morgan fingerprint density at radius 2 is 2.10 bits per heavy atom. The average molecular weight is 295 g/mol. The van der Waals surface area contributed by atoms with Crippen molar-refractivity contribution in [3.05, 3.63) is 10.6 Å². The molecule has 1 saturated heterocycles. The van der Waals surface area contributed by atoms with Crippen molar-refractivity contribution in [3.63, 3.8) is 0 Å². The SMILES string of the molecule is CC(C)c1nc(N2CCCC2C)sc1CNC(C)(C)C. The molecule has 1 atom stereocenters. The van der Waals surface area contributed by atoms with Crippen molar-refractivity contribution in [2.45, 2.75) is 78.4 Å². The summed E-state index contributed by atoms with van der Waals surface area (Å²) in [7, 11) is 0. The first kappa shape index (κ1) is 15.8. The molecule has 1 aromatic heterocycles. The minimum Gasteiger partial charge on any atom is -0.345 e. The minimum absolute atomic E-state index is 0.152. The van der Waals surface area contributed by atoms with E-state index in [1.54, 1.807) is 0 Å². The monoisotopic (exact) mass is 295 g/mol. The maximum absolute atomic E-state index is 4.95. The van der Waals surface area contributed by atoms with E-state index in [1.807, 2.05) is 11.3 Å². The molecule has 2 heterocycles. The number of anilines is 1. The highest BCUT2D eigenvalue weighted by molar-refractivity contribution is 7.15. The summed E-state index contributed by atoms with van der Waals surface area (Å²) in [5.74, 6) is 0.495. The van der Waals surface area contributed by atoms with Crippen molar-refractivity contribution in [1.82, 2.24) is 10.3 Å². The molecule has 114 valence electrons. The fourth-order valence-electron chi connectivity index (χ4n) is 2.61. The molecule has 1 aromatic rings. The number of nitrogens with one attached hydrogen (secondary N) is 1. The Morgan fingerprint density at radius 1 is 1.40 bits per heavy atom.